The van der Waals surface area contributed by atoms with E-state index < -0.39 is 0 Å². The molecule has 1 aliphatic rings. The molecule has 2 bridgehead atoms. The second kappa shape index (κ2) is 15.3. The van der Waals surface area contributed by atoms with Gasteiger partial charge in [-0.1, -0.05) is 18.2 Å². The standard InChI is InChI=1S/C34H42N6O5/c1-26-28(24-37(2)36-26)22-32(41)38-14-4-5-15-39(33(42)25-45-31-12-7-10-29(23-31)43-3)18-19-40-17-13-35-34(40)27-9-6-11-30(21-27)44-20-8-16-38/h6-7,9-13,17,21,23-24H,4-5,8,14-16,18-20,22,25H2,1-3H3. The maximum Gasteiger partial charge on any atom is 0.260 e. The molecule has 4 aromatic rings. The predicted octanol–water partition coefficient (Wildman–Crippen LogP) is 4.14. The largest absolute Gasteiger partial charge is 0.497 e. The number of carbonyl (C=O) groups is 2. The van der Waals surface area contributed by atoms with Crippen molar-refractivity contribution in [1.29, 1.82) is 0 Å². The number of amides is 2. The van der Waals surface area contributed by atoms with Crippen LogP contribution in [-0.4, -0.2) is 87.4 Å². The van der Waals surface area contributed by atoms with Crippen molar-refractivity contribution in [1.82, 2.24) is 29.1 Å². The van der Waals surface area contributed by atoms with Crippen LogP contribution in [0.3, 0.4) is 0 Å². The molecule has 0 aliphatic carbocycles. The first-order chi connectivity index (χ1) is 21.9. The van der Waals surface area contributed by atoms with Gasteiger partial charge in [0.15, 0.2) is 6.61 Å². The first-order valence-corrected chi connectivity index (χ1v) is 15.5. The number of fused-ring (bicyclic) bond motifs is 4. The van der Waals surface area contributed by atoms with E-state index in [-0.39, 0.29) is 18.4 Å². The topological polar surface area (TPSA) is 104 Å². The summed E-state index contributed by atoms with van der Waals surface area (Å²) in [6, 6.07) is 15.1. The van der Waals surface area contributed by atoms with Gasteiger partial charge in [-0.2, -0.15) is 5.10 Å². The molecule has 2 aromatic carbocycles. The minimum atomic E-state index is -0.104. The van der Waals surface area contributed by atoms with Crippen molar-refractivity contribution in [2.24, 2.45) is 7.05 Å². The van der Waals surface area contributed by atoms with E-state index in [4.69, 9.17) is 14.2 Å². The SMILES string of the molecule is COc1cccc(OCC(=O)N2CCCCN(C(=O)Cc3cn(C)nc3C)CCCOc3cccc(c3)-c3nccn3CC2)c1. The third kappa shape index (κ3) is 8.65. The Kier molecular flexibility index (Phi) is 10.7. The number of hydrogen-bond acceptors (Lipinski definition) is 7. The zero-order valence-corrected chi connectivity index (χ0v) is 26.4. The molecular weight excluding hydrogens is 572 g/mol. The van der Waals surface area contributed by atoms with Gasteiger partial charge in [-0.05, 0) is 50.5 Å². The van der Waals surface area contributed by atoms with E-state index in [9.17, 15) is 9.59 Å². The molecule has 0 unspecified atom stereocenters. The number of aromatic nitrogens is 4. The van der Waals surface area contributed by atoms with Gasteiger partial charge in [-0.15, -0.1) is 0 Å². The minimum absolute atomic E-state index is 0.0658. The molecule has 0 atom stereocenters. The summed E-state index contributed by atoms with van der Waals surface area (Å²) in [5.41, 5.74) is 2.73. The quantitative estimate of drug-likeness (QED) is 0.322. The van der Waals surface area contributed by atoms with Crippen LogP contribution >= 0.6 is 0 Å². The highest BCUT2D eigenvalue weighted by molar-refractivity contribution is 5.79. The Morgan fingerprint density at radius 1 is 0.911 bits per heavy atom. The fraction of sp³-hybridized carbons (Fsp3) is 0.412. The predicted molar refractivity (Wildman–Crippen MR) is 170 cm³/mol. The van der Waals surface area contributed by atoms with Crippen LogP contribution < -0.4 is 14.2 Å². The fourth-order valence-corrected chi connectivity index (χ4v) is 5.50. The van der Waals surface area contributed by atoms with Crippen LogP contribution in [0, 0.1) is 6.92 Å². The van der Waals surface area contributed by atoms with Gasteiger partial charge >= 0.3 is 0 Å². The highest BCUT2D eigenvalue weighted by Gasteiger charge is 2.19. The van der Waals surface area contributed by atoms with Crippen molar-refractivity contribution in [3.05, 3.63) is 78.4 Å². The van der Waals surface area contributed by atoms with E-state index >= 15 is 0 Å². The Hall–Kier alpha value is -4.80. The molecule has 238 valence electrons. The average Bonchev–Trinajstić information content (AvgIpc) is 3.64. The van der Waals surface area contributed by atoms with Crippen molar-refractivity contribution in [3.63, 3.8) is 0 Å². The number of hydrogen-bond donors (Lipinski definition) is 0. The van der Waals surface area contributed by atoms with Crippen LogP contribution in [0.15, 0.2) is 67.1 Å². The molecule has 45 heavy (non-hydrogen) atoms. The summed E-state index contributed by atoms with van der Waals surface area (Å²) < 4.78 is 21.0. The van der Waals surface area contributed by atoms with Gasteiger partial charge in [0.2, 0.25) is 5.91 Å². The summed E-state index contributed by atoms with van der Waals surface area (Å²) in [6.45, 7) is 5.12. The first kappa shape index (κ1) is 31.6. The number of aryl methyl sites for hydroxylation is 2. The van der Waals surface area contributed by atoms with E-state index in [0.717, 1.165) is 41.2 Å². The molecule has 2 amide bonds. The fourth-order valence-electron chi connectivity index (χ4n) is 5.50. The van der Waals surface area contributed by atoms with Crippen molar-refractivity contribution in [3.8, 4) is 28.6 Å². The van der Waals surface area contributed by atoms with Crippen LogP contribution in [0.5, 0.6) is 17.2 Å². The van der Waals surface area contributed by atoms with E-state index in [1.807, 2.05) is 72.6 Å². The van der Waals surface area contributed by atoms with Crippen LogP contribution in [0.2, 0.25) is 0 Å². The normalized spacial score (nSPS) is 14.6. The number of benzene rings is 2. The summed E-state index contributed by atoms with van der Waals surface area (Å²) in [6.07, 6.45) is 8.12. The molecular formula is C34H42N6O5. The number of methoxy groups -OCH3 is 1. The summed E-state index contributed by atoms with van der Waals surface area (Å²) >= 11 is 0. The van der Waals surface area contributed by atoms with Gasteiger partial charge in [0.1, 0.15) is 23.1 Å². The van der Waals surface area contributed by atoms with Gasteiger partial charge < -0.3 is 28.6 Å². The molecule has 1 aliphatic heterocycles. The third-order valence-corrected chi connectivity index (χ3v) is 7.93. The molecule has 11 nitrogen and oxygen atoms in total. The molecule has 11 heteroatoms. The maximum atomic E-state index is 13.5. The molecule has 0 N–H and O–H groups in total. The molecule has 0 saturated heterocycles. The zero-order valence-electron chi connectivity index (χ0n) is 26.4. The van der Waals surface area contributed by atoms with E-state index in [1.165, 1.54) is 0 Å². The second-order valence-corrected chi connectivity index (χ2v) is 11.2. The Morgan fingerprint density at radius 2 is 1.67 bits per heavy atom. The summed E-state index contributed by atoms with van der Waals surface area (Å²) in [4.78, 5) is 35.3. The third-order valence-electron chi connectivity index (χ3n) is 7.93. The Bertz CT molecular complexity index is 1580. The summed E-state index contributed by atoms with van der Waals surface area (Å²) in [5.74, 6) is 2.77. The smallest absolute Gasteiger partial charge is 0.260 e. The lowest BCUT2D eigenvalue weighted by Crippen LogP contribution is -2.39. The van der Waals surface area contributed by atoms with E-state index in [2.05, 4.69) is 14.6 Å². The van der Waals surface area contributed by atoms with Gasteiger partial charge in [-0.3, -0.25) is 14.3 Å². The lowest BCUT2D eigenvalue weighted by atomic mass is 10.1. The Morgan fingerprint density at radius 3 is 2.44 bits per heavy atom. The van der Waals surface area contributed by atoms with Gasteiger partial charge in [0.25, 0.3) is 5.91 Å². The number of carbonyl (C=O) groups excluding carboxylic acids is 2. The average molecular weight is 615 g/mol. The lowest BCUT2D eigenvalue weighted by molar-refractivity contribution is -0.134. The van der Waals surface area contributed by atoms with Crippen LogP contribution in [0.4, 0.5) is 0 Å². The van der Waals surface area contributed by atoms with Gasteiger partial charge in [-0.25, -0.2) is 4.98 Å². The van der Waals surface area contributed by atoms with Crippen LogP contribution in [-0.2, 0) is 29.6 Å². The van der Waals surface area contributed by atoms with Gasteiger partial charge in [0.05, 0.1) is 25.8 Å². The van der Waals surface area contributed by atoms with Crippen LogP contribution in [0.25, 0.3) is 11.4 Å². The zero-order chi connectivity index (χ0) is 31.6. The number of rotatable bonds is 6. The summed E-state index contributed by atoms with van der Waals surface area (Å²) in [5, 5.41) is 4.39. The highest BCUT2D eigenvalue weighted by atomic mass is 16.5. The monoisotopic (exact) mass is 614 g/mol. The van der Waals surface area contributed by atoms with Gasteiger partial charge in [0, 0.05) is 75.6 Å². The molecule has 2 aromatic heterocycles. The number of ether oxygens (including phenoxy) is 3. The first-order valence-electron chi connectivity index (χ1n) is 15.5. The Labute approximate surface area is 264 Å². The van der Waals surface area contributed by atoms with Crippen LogP contribution in [0.1, 0.15) is 30.5 Å². The van der Waals surface area contributed by atoms with Crippen molar-refractivity contribution in [2.75, 3.05) is 46.5 Å². The number of nitrogens with zero attached hydrogens (tertiary/aromatic N) is 6. The van der Waals surface area contributed by atoms with E-state index in [0.29, 0.717) is 63.7 Å². The second-order valence-electron chi connectivity index (χ2n) is 11.2. The van der Waals surface area contributed by atoms with Crippen molar-refractivity contribution in [2.45, 2.75) is 39.2 Å². The van der Waals surface area contributed by atoms with E-state index in [1.54, 1.807) is 30.1 Å². The number of imidazole rings is 1. The minimum Gasteiger partial charge on any atom is -0.497 e. The molecule has 0 radical (unpaired) electrons. The molecule has 3 heterocycles. The molecule has 0 fully saturated rings. The maximum absolute atomic E-state index is 13.5. The van der Waals surface area contributed by atoms with Crippen molar-refractivity contribution >= 4 is 11.8 Å². The highest BCUT2D eigenvalue weighted by Crippen LogP contribution is 2.23. The molecule has 0 saturated carbocycles. The Balaban J connectivity index is 1.31. The van der Waals surface area contributed by atoms with Crippen molar-refractivity contribution < 1.29 is 23.8 Å². The lowest BCUT2D eigenvalue weighted by Gasteiger charge is -2.25. The molecule has 0 spiro atoms. The molecule has 5 rings (SSSR count). The summed E-state index contributed by atoms with van der Waals surface area (Å²) in [7, 11) is 3.46.